The fraction of sp³-hybridized carbons (Fsp3) is 0.333. The number of hydrogen-bond donors (Lipinski definition) is 0. The molecule has 2 rings (SSSR count). The summed E-state index contributed by atoms with van der Waals surface area (Å²) in [5.41, 5.74) is 0.414. The smallest absolute Gasteiger partial charge is 0.420 e. The average molecular weight is 272 g/mol. The van der Waals surface area contributed by atoms with Crippen molar-refractivity contribution in [2.75, 3.05) is 7.11 Å². The quantitative estimate of drug-likeness (QED) is 0.749. The van der Waals surface area contributed by atoms with Crippen molar-refractivity contribution in [1.82, 2.24) is 9.55 Å². The Morgan fingerprint density at radius 1 is 1.40 bits per heavy atom. The molecule has 0 radical (unpaired) electrons. The zero-order chi connectivity index (χ0) is 14.9. The lowest BCUT2D eigenvalue weighted by Crippen LogP contribution is -2.27. The average Bonchev–Trinajstić information content (AvgIpc) is 2.73. The Balaban J connectivity index is 2.57. The molecule has 0 atom stereocenters. The zero-order valence-corrected chi connectivity index (χ0v) is 11.9. The molecule has 0 aliphatic rings. The van der Waals surface area contributed by atoms with E-state index in [0.717, 1.165) is 5.39 Å². The Hall–Kier alpha value is -2.48. The first-order chi connectivity index (χ1) is 9.35. The van der Waals surface area contributed by atoms with Gasteiger partial charge in [-0.1, -0.05) is 5.92 Å². The largest absolute Gasteiger partial charge is 0.481 e. The third-order valence-electron chi connectivity index (χ3n) is 2.60. The number of nitrogens with zero attached hydrogens (tertiary/aromatic N) is 2. The number of aromatic nitrogens is 2. The van der Waals surface area contributed by atoms with Gasteiger partial charge in [-0.15, -0.1) is 6.42 Å². The molecule has 0 N–H and O–H groups in total. The van der Waals surface area contributed by atoms with Crippen molar-refractivity contribution in [2.24, 2.45) is 0 Å². The molecule has 0 unspecified atom stereocenters. The molecular formula is C15H16N2O3. The first-order valence-corrected chi connectivity index (χ1v) is 6.11. The van der Waals surface area contributed by atoms with Crippen molar-refractivity contribution in [3.8, 4) is 18.2 Å². The topological polar surface area (TPSA) is 53.4 Å². The minimum absolute atomic E-state index is 0.421. The summed E-state index contributed by atoms with van der Waals surface area (Å²) in [6.45, 7) is 5.40. The monoisotopic (exact) mass is 272 g/mol. The maximum absolute atomic E-state index is 12.3. The molecular weight excluding hydrogens is 256 g/mol. The van der Waals surface area contributed by atoms with Crippen LogP contribution in [0.5, 0.6) is 5.88 Å². The van der Waals surface area contributed by atoms with Gasteiger partial charge in [0.25, 0.3) is 0 Å². The number of ether oxygens (including phenoxy) is 2. The first-order valence-electron chi connectivity index (χ1n) is 6.11. The molecule has 2 aromatic rings. The van der Waals surface area contributed by atoms with E-state index in [2.05, 4.69) is 10.9 Å². The standard InChI is InChI=1S/C15H16N2O3/c1-6-11-7-10-8-13(19-5)16-9-12(10)17(11)14(18)20-15(2,3)4/h1,7-9H,2-5H3. The number of rotatable bonds is 1. The molecule has 104 valence electrons. The van der Waals surface area contributed by atoms with Gasteiger partial charge in [0.05, 0.1) is 18.8 Å². The molecule has 20 heavy (non-hydrogen) atoms. The second-order valence-corrected chi connectivity index (χ2v) is 5.28. The third-order valence-corrected chi connectivity index (χ3v) is 2.60. The summed E-state index contributed by atoms with van der Waals surface area (Å²) in [5.74, 6) is 2.94. The van der Waals surface area contributed by atoms with Gasteiger partial charge in [0.15, 0.2) is 0 Å². The Kier molecular flexibility index (Phi) is 3.41. The molecule has 2 aromatic heterocycles. The first kappa shape index (κ1) is 13.9. The van der Waals surface area contributed by atoms with Crippen molar-refractivity contribution in [3.63, 3.8) is 0 Å². The summed E-state index contributed by atoms with van der Waals surface area (Å²) < 4.78 is 11.8. The third kappa shape index (κ3) is 2.59. The van der Waals surface area contributed by atoms with Gasteiger partial charge in [-0.05, 0) is 26.8 Å². The van der Waals surface area contributed by atoms with E-state index in [9.17, 15) is 4.79 Å². The Morgan fingerprint density at radius 3 is 2.65 bits per heavy atom. The number of hydrogen-bond acceptors (Lipinski definition) is 4. The van der Waals surface area contributed by atoms with Crippen LogP contribution in [0.25, 0.3) is 10.9 Å². The van der Waals surface area contributed by atoms with Gasteiger partial charge in [-0.2, -0.15) is 0 Å². The highest BCUT2D eigenvalue weighted by molar-refractivity contribution is 5.92. The summed E-state index contributed by atoms with van der Waals surface area (Å²) in [7, 11) is 1.53. The molecule has 0 amide bonds. The van der Waals surface area contributed by atoms with Crippen LogP contribution >= 0.6 is 0 Å². The van der Waals surface area contributed by atoms with Crippen molar-refractivity contribution in [1.29, 1.82) is 0 Å². The molecule has 0 saturated heterocycles. The summed E-state index contributed by atoms with van der Waals surface area (Å²) in [4.78, 5) is 16.3. The number of pyridine rings is 1. The van der Waals surface area contributed by atoms with E-state index in [1.165, 1.54) is 11.7 Å². The van der Waals surface area contributed by atoms with Crippen LogP contribution in [0.2, 0.25) is 0 Å². The maximum Gasteiger partial charge on any atom is 0.420 e. The van der Waals surface area contributed by atoms with E-state index >= 15 is 0 Å². The lowest BCUT2D eigenvalue weighted by atomic mass is 10.2. The van der Waals surface area contributed by atoms with Gasteiger partial charge >= 0.3 is 6.09 Å². The highest BCUT2D eigenvalue weighted by Crippen LogP contribution is 2.23. The van der Waals surface area contributed by atoms with E-state index in [0.29, 0.717) is 17.1 Å². The zero-order valence-electron chi connectivity index (χ0n) is 11.9. The molecule has 5 nitrogen and oxygen atoms in total. The Labute approximate surface area is 117 Å². The number of terminal acetylenes is 1. The van der Waals surface area contributed by atoms with E-state index in [-0.39, 0.29) is 0 Å². The lowest BCUT2D eigenvalue weighted by molar-refractivity contribution is 0.0543. The molecule has 0 fully saturated rings. The molecule has 0 aliphatic heterocycles. The van der Waals surface area contributed by atoms with Gasteiger partial charge in [0, 0.05) is 11.5 Å². The van der Waals surface area contributed by atoms with Crippen molar-refractivity contribution in [3.05, 3.63) is 24.0 Å². The lowest BCUT2D eigenvalue weighted by Gasteiger charge is -2.20. The van der Waals surface area contributed by atoms with Crippen molar-refractivity contribution in [2.45, 2.75) is 26.4 Å². The van der Waals surface area contributed by atoms with Crippen LogP contribution < -0.4 is 4.74 Å². The highest BCUT2D eigenvalue weighted by atomic mass is 16.6. The van der Waals surface area contributed by atoms with Crippen LogP contribution in [0.3, 0.4) is 0 Å². The Bertz CT molecular complexity index is 702. The molecule has 0 saturated carbocycles. The van der Waals surface area contributed by atoms with Crippen LogP contribution in [0, 0.1) is 12.3 Å². The number of methoxy groups -OCH3 is 1. The van der Waals surface area contributed by atoms with Crippen molar-refractivity contribution >= 4 is 17.0 Å². The fourth-order valence-electron chi connectivity index (χ4n) is 1.81. The summed E-state index contributed by atoms with van der Waals surface area (Å²) in [6, 6.07) is 3.44. The van der Waals surface area contributed by atoms with Gasteiger partial charge in [-0.25, -0.2) is 14.3 Å². The minimum atomic E-state index is -0.598. The molecule has 0 aliphatic carbocycles. The molecule has 0 aromatic carbocycles. The van der Waals surface area contributed by atoms with Gasteiger partial charge < -0.3 is 9.47 Å². The summed E-state index contributed by atoms with van der Waals surface area (Å²) in [5, 5.41) is 0.774. The normalized spacial score (nSPS) is 11.2. The molecule has 0 spiro atoms. The SMILES string of the molecule is C#Cc1cc2cc(OC)ncc2n1C(=O)OC(C)(C)C. The van der Waals surface area contributed by atoms with E-state index in [1.54, 1.807) is 39.1 Å². The summed E-state index contributed by atoms with van der Waals surface area (Å²) in [6.07, 6.45) is 6.48. The highest BCUT2D eigenvalue weighted by Gasteiger charge is 2.22. The van der Waals surface area contributed by atoms with Gasteiger partial charge in [0.2, 0.25) is 5.88 Å². The summed E-state index contributed by atoms with van der Waals surface area (Å²) >= 11 is 0. The second-order valence-electron chi connectivity index (χ2n) is 5.28. The number of fused-ring (bicyclic) bond motifs is 1. The van der Waals surface area contributed by atoms with Gasteiger partial charge in [0.1, 0.15) is 11.3 Å². The van der Waals surface area contributed by atoms with E-state index in [1.807, 2.05) is 0 Å². The molecule has 5 heteroatoms. The van der Waals surface area contributed by atoms with Crippen LogP contribution in [-0.2, 0) is 4.74 Å². The molecule has 0 bridgehead atoms. The molecule has 2 heterocycles. The van der Waals surface area contributed by atoms with Gasteiger partial charge in [-0.3, -0.25) is 0 Å². The minimum Gasteiger partial charge on any atom is -0.481 e. The van der Waals surface area contributed by atoms with Crippen LogP contribution in [0.1, 0.15) is 26.5 Å². The van der Waals surface area contributed by atoms with Crippen LogP contribution in [0.15, 0.2) is 18.3 Å². The fourth-order valence-corrected chi connectivity index (χ4v) is 1.81. The predicted octanol–water partition coefficient (Wildman–Crippen LogP) is 2.81. The number of carbonyl (C=O) groups excluding carboxylic acids is 1. The van der Waals surface area contributed by atoms with E-state index < -0.39 is 11.7 Å². The van der Waals surface area contributed by atoms with Crippen LogP contribution in [-0.4, -0.2) is 28.4 Å². The maximum atomic E-state index is 12.3. The second kappa shape index (κ2) is 4.89. The predicted molar refractivity (Wildman–Crippen MR) is 75.9 cm³/mol. The van der Waals surface area contributed by atoms with E-state index in [4.69, 9.17) is 15.9 Å². The van der Waals surface area contributed by atoms with Crippen LogP contribution in [0.4, 0.5) is 4.79 Å². The Morgan fingerprint density at radius 2 is 2.10 bits per heavy atom. The van der Waals surface area contributed by atoms with Crippen molar-refractivity contribution < 1.29 is 14.3 Å². The number of carbonyl (C=O) groups is 1.